The number of halogens is 3. The van der Waals surface area contributed by atoms with E-state index in [9.17, 15) is 18.0 Å². The Morgan fingerprint density at radius 1 is 1.04 bits per heavy atom. The van der Waals surface area contributed by atoms with E-state index in [-0.39, 0.29) is 11.4 Å². The van der Waals surface area contributed by atoms with E-state index < -0.39 is 17.8 Å². The Morgan fingerprint density at radius 3 is 2.44 bits per heavy atom. The van der Waals surface area contributed by atoms with Crippen molar-refractivity contribution in [3.05, 3.63) is 66.7 Å². The smallest absolute Gasteiger partial charge is 0.308 e. The van der Waals surface area contributed by atoms with Crippen molar-refractivity contribution in [3.63, 3.8) is 0 Å². The first kappa shape index (κ1) is 16.5. The molecule has 0 bridgehead atoms. The van der Waals surface area contributed by atoms with Gasteiger partial charge in [0.15, 0.2) is 0 Å². The normalized spacial score (nSPS) is 11.2. The predicted molar refractivity (Wildman–Crippen MR) is 85.4 cm³/mol. The van der Waals surface area contributed by atoms with Crippen molar-refractivity contribution in [2.24, 2.45) is 0 Å². The fraction of sp³-hybridized carbons (Fsp3) is 0.0625. The summed E-state index contributed by atoms with van der Waals surface area (Å²) in [6.45, 7) is 0. The van der Waals surface area contributed by atoms with Gasteiger partial charge in [-0.15, -0.1) is 0 Å². The molecule has 6 nitrogen and oxygen atoms in total. The van der Waals surface area contributed by atoms with Crippen LogP contribution in [0.1, 0.15) is 5.56 Å². The molecule has 0 unspecified atom stereocenters. The Kier molecular flexibility index (Phi) is 4.38. The fourth-order valence-corrected chi connectivity index (χ4v) is 2.15. The van der Waals surface area contributed by atoms with Crippen molar-refractivity contribution in [1.82, 2.24) is 14.8 Å². The van der Waals surface area contributed by atoms with Gasteiger partial charge in [-0.1, -0.05) is 18.2 Å². The van der Waals surface area contributed by atoms with Crippen molar-refractivity contribution >= 4 is 17.4 Å². The number of hydrogen-bond donors (Lipinski definition) is 2. The second-order valence-electron chi connectivity index (χ2n) is 5.01. The van der Waals surface area contributed by atoms with Gasteiger partial charge >= 0.3 is 12.2 Å². The number of aromatic nitrogens is 3. The van der Waals surface area contributed by atoms with Crippen LogP contribution in [-0.2, 0) is 6.18 Å². The van der Waals surface area contributed by atoms with Gasteiger partial charge in [-0.05, 0) is 30.3 Å². The van der Waals surface area contributed by atoms with Gasteiger partial charge in [0, 0.05) is 5.69 Å². The fourth-order valence-electron chi connectivity index (χ4n) is 2.15. The molecule has 0 aliphatic rings. The molecule has 128 valence electrons. The molecule has 25 heavy (non-hydrogen) atoms. The van der Waals surface area contributed by atoms with Crippen molar-refractivity contribution in [2.75, 3.05) is 10.6 Å². The summed E-state index contributed by atoms with van der Waals surface area (Å²) >= 11 is 0. The van der Waals surface area contributed by atoms with Crippen molar-refractivity contribution < 1.29 is 18.0 Å². The molecule has 0 aliphatic carbocycles. The monoisotopic (exact) mass is 347 g/mol. The van der Waals surface area contributed by atoms with Gasteiger partial charge in [-0.3, -0.25) is 0 Å². The van der Waals surface area contributed by atoms with E-state index in [4.69, 9.17) is 0 Å². The van der Waals surface area contributed by atoms with E-state index in [1.54, 1.807) is 30.3 Å². The zero-order valence-electron chi connectivity index (χ0n) is 12.7. The van der Waals surface area contributed by atoms with Crippen LogP contribution in [0.2, 0.25) is 0 Å². The topological polar surface area (TPSA) is 71.8 Å². The third-order valence-corrected chi connectivity index (χ3v) is 3.27. The number of hydrogen-bond acceptors (Lipinski definition) is 3. The number of anilines is 2. The Balaban J connectivity index is 1.90. The summed E-state index contributed by atoms with van der Waals surface area (Å²) in [6.07, 6.45) is -1.97. The van der Waals surface area contributed by atoms with Gasteiger partial charge in [-0.2, -0.15) is 18.3 Å². The number of amides is 2. The molecule has 0 aliphatic heterocycles. The maximum Gasteiger partial charge on any atom is 0.416 e. The largest absolute Gasteiger partial charge is 0.416 e. The van der Waals surface area contributed by atoms with Crippen LogP contribution in [0.5, 0.6) is 0 Å². The lowest BCUT2D eigenvalue weighted by Crippen LogP contribution is -2.21. The van der Waals surface area contributed by atoms with Gasteiger partial charge in [0.2, 0.25) is 0 Å². The molecule has 0 saturated heterocycles. The SMILES string of the molecule is O=C(Nc1ccccc1)Nc1cc(C(F)(F)F)ccc1-n1cncn1. The third-order valence-electron chi connectivity index (χ3n) is 3.27. The number of urea groups is 1. The second-order valence-corrected chi connectivity index (χ2v) is 5.01. The molecule has 0 fully saturated rings. The average Bonchev–Trinajstić information content (AvgIpc) is 3.09. The minimum absolute atomic E-state index is 0.0474. The molecule has 0 spiro atoms. The molecule has 1 aromatic heterocycles. The zero-order valence-corrected chi connectivity index (χ0v) is 12.7. The summed E-state index contributed by atoms with van der Waals surface area (Å²) in [5.41, 5.74) is -0.164. The Morgan fingerprint density at radius 2 is 1.80 bits per heavy atom. The first-order valence-corrected chi connectivity index (χ1v) is 7.13. The summed E-state index contributed by atoms with van der Waals surface area (Å²) < 4.78 is 40.2. The highest BCUT2D eigenvalue weighted by Gasteiger charge is 2.31. The lowest BCUT2D eigenvalue weighted by molar-refractivity contribution is -0.137. The quantitative estimate of drug-likeness (QED) is 0.754. The highest BCUT2D eigenvalue weighted by Crippen LogP contribution is 2.33. The number of carbonyl (C=O) groups is 1. The van der Waals surface area contributed by atoms with Gasteiger partial charge in [0.05, 0.1) is 16.9 Å². The average molecular weight is 347 g/mol. The number of alkyl halides is 3. The highest BCUT2D eigenvalue weighted by molar-refractivity contribution is 6.01. The second kappa shape index (κ2) is 6.63. The van der Waals surface area contributed by atoms with Crippen LogP contribution in [-0.4, -0.2) is 20.8 Å². The summed E-state index contributed by atoms with van der Waals surface area (Å²) in [6, 6.07) is 10.8. The minimum atomic E-state index is -4.53. The van der Waals surface area contributed by atoms with Gasteiger partial charge in [-0.25, -0.2) is 14.5 Å². The number of carbonyl (C=O) groups excluding carboxylic acids is 1. The van der Waals surface area contributed by atoms with E-state index >= 15 is 0 Å². The number of benzene rings is 2. The number of nitrogens with zero attached hydrogens (tertiary/aromatic N) is 3. The van der Waals surface area contributed by atoms with Crippen LogP contribution < -0.4 is 10.6 Å². The summed E-state index contributed by atoms with van der Waals surface area (Å²) in [7, 11) is 0. The first-order chi connectivity index (χ1) is 11.9. The van der Waals surface area contributed by atoms with Crippen LogP contribution in [0.3, 0.4) is 0 Å². The Hall–Kier alpha value is -3.36. The molecule has 2 aromatic carbocycles. The maximum atomic E-state index is 13.0. The number of para-hydroxylation sites is 1. The van der Waals surface area contributed by atoms with E-state index in [1.807, 2.05) is 0 Å². The molecule has 0 radical (unpaired) electrons. The van der Waals surface area contributed by atoms with Gasteiger partial charge < -0.3 is 10.6 Å². The Bertz CT molecular complexity index is 863. The number of rotatable bonds is 3. The molecule has 3 rings (SSSR count). The van der Waals surface area contributed by atoms with Gasteiger partial charge in [0.25, 0.3) is 0 Å². The van der Waals surface area contributed by atoms with E-state index in [1.165, 1.54) is 23.4 Å². The summed E-state index contributed by atoms with van der Waals surface area (Å²) in [5, 5.41) is 8.85. The Labute approximate surface area is 140 Å². The summed E-state index contributed by atoms with van der Waals surface area (Å²) in [4.78, 5) is 15.9. The molecule has 1 heterocycles. The zero-order chi connectivity index (χ0) is 17.9. The molecule has 2 N–H and O–H groups in total. The predicted octanol–water partition coefficient (Wildman–Crippen LogP) is 3.93. The molecule has 0 atom stereocenters. The van der Waals surface area contributed by atoms with Crippen LogP contribution in [0.25, 0.3) is 5.69 Å². The van der Waals surface area contributed by atoms with E-state index in [0.717, 1.165) is 12.1 Å². The molecule has 0 saturated carbocycles. The summed E-state index contributed by atoms with van der Waals surface area (Å²) in [5.74, 6) is 0. The van der Waals surface area contributed by atoms with E-state index in [0.29, 0.717) is 5.69 Å². The minimum Gasteiger partial charge on any atom is -0.308 e. The van der Waals surface area contributed by atoms with Crippen LogP contribution in [0.4, 0.5) is 29.3 Å². The molecule has 9 heteroatoms. The van der Waals surface area contributed by atoms with Crippen molar-refractivity contribution in [3.8, 4) is 5.69 Å². The lowest BCUT2D eigenvalue weighted by atomic mass is 10.1. The lowest BCUT2D eigenvalue weighted by Gasteiger charge is -2.15. The van der Waals surface area contributed by atoms with Crippen LogP contribution in [0, 0.1) is 0 Å². The van der Waals surface area contributed by atoms with Crippen molar-refractivity contribution in [1.29, 1.82) is 0 Å². The molecule has 3 aromatic rings. The van der Waals surface area contributed by atoms with Crippen LogP contribution in [0.15, 0.2) is 61.2 Å². The maximum absolute atomic E-state index is 13.0. The van der Waals surface area contributed by atoms with E-state index in [2.05, 4.69) is 20.7 Å². The highest BCUT2D eigenvalue weighted by atomic mass is 19.4. The van der Waals surface area contributed by atoms with Crippen molar-refractivity contribution in [2.45, 2.75) is 6.18 Å². The molecular formula is C16H12F3N5O. The molecule has 2 amide bonds. The molecular weight excluding hydrogens is 335 g/mol. The van der Waals surface area contributed by atoms with Gasteiger partial charge in [0.1, 0.15) is 12.7 Å². The van der Waals surface area contributed by atoms with Crippen LogP contribution >= 0.6 is 0 Å². The first-order valence-electron chi connectivity index (χ1n) is 7.13. The third kappa shape index (κ3) is 3.94. The standard InChI is InChI=1S/C16H12F3N5O/c17-16(18,19)11-6-7-14(24-10-20-9-21-24)13(8-11)23-15(25)22-12-4-2-1-3-5-12/h1-10H,(H2,22,23,25). The number of nitrogens with one attached hydrogen (secondary N) is 2.